The minimum atomic E-state index is -3.19. The minimum Gasteiger partial charge on any atom is -0.397 e. The highest BCUT2D eigenvalue weighted by molar-refractivity contribution is 7.99. The van der Waals surface area contributed by atoms with Crippen molar-refractivity contribution in [1.29, 1.82) is 0 Å². The zero-order valence-corrected chi connectivity index (χ0v) is 12.0. The van der Waals surface area contributed by atoms with Crippen LogP contribution in [0.15, 0.2) is 23.1 Å². The van der Waals surface area contributed by atoms with Crippen LogP contribution in [0.1, 0.15) is 12.8 Å². The zero-order valence-electron chi connectivity index (χ0n) is 10.3. The van der Waals surface area contributed by atoms with E-state index in [1.165, 1.54) is 23.8 Å². The average Bonchev–Trinajstić information content (AvgIpc) is 2.32. The third-order valence-corrected chi connectivity index (χ3v) is 5.19. The Kier molecular flexibility index (Phi) is 4.07. The smallest absolute Gasteiger partial charge is 0.175 e. The summed E-state index contributed by atoms with van der Waals surface area (Å²) in [5.74, 6) is 2.33. The van der Waals surface area contributed by atoms with Crippen molar-refractivity contribution >= 4 is 33.0 Å². The monoisotopic (exact) mass is 286 g/mol. The summed E-state index contributed by atoms with van der Waals surface area (Å²) in [6, 6.07) is 5.33. The van der Waals surface area contributed by atoms with Gasteiger partial charge in [-0.2, -0.15) is 11.8 Å². The average molecular weight is 286 g/mol. The molecular formula is C12H18N2O2S2. The van der Waals surface area contributed by atoms with E-state index in [-0.39, 0.29) is 4.90 Å². The number of thioether (sulfide) groups is 1. The summed E-state index contributed by atoms with van der Waals surface area (Å²) in [6.45, 7) is 0. The Bertz CT molecular complexity index is 523. The van der Waals surface area contributed by atoms with Crippen LogP contribution in [0.2, 0.25) is 0 Å². The minimum absolute atomic E-state index is 0.268. The number of benzene rings is 1. The standard InChI is InChI=1S/C12H18N2O2S2/c1-18(15,16)10-2-3-12(11(13)8-10)14-9-4-6-17-7-5-9/h2-3,8-9,14H,4-7,13H2,1H3. The molecule has 1 aliphatic rings. The molecule has 0 aromatic heterocycles. The van der Waals surface area contributed by atoms with Gasteiger partial charge < -0.3 is 11.1 Å². The van der Waals surface area contributed by atoms with E-state index in [1.807, 2.05) is 11.8 Å². The molecule has 1 fully saturated rings. The van der Waals surface area contributed by atoms with Gasteiger partial charge in [-0.05, 0) is 42.5 Å². The number of nitrogen functional groups attached to an aromatic ring is 1. The van der Waals surface area contributed by atoms with Gasteiger partial charge in [0.05, 0.1) is 16.3 Å². The van der Waals surface area contributed by atoms with E-state index < -0.39 is 9.84 Å². The van der Waals surface area contributed by atoms with Crippen LogP contribution < -0.4 is 11.1 Å². The van der Waals surface area contributed by atoms with Gasteiger partial charge in [0, 0.05) is 12.3 Å². The Hall–Kier alpha value is -0.880. The quantitative estimate of drug-likeness (QED) is 0.831. The third-order valence-electron chi connectivity index (χ3n) is 3.03. The molecule has 0 amide bonds. The fraction of sp³-hybridized carbons (Fsp3) is 0.500. The molecule has 6 heteroatoms. The molecule has 0 spiro atoms. The number of sulfone groups is 1. The van der Waals surface area contributed by atoms with Crippen LogP contribution in [0.25, 0.3) is 0 Å². The van der Waals surface area contributed by atoms with Gasteiger partial charge >= 0.3 is 0 Å². The molecule has 0 unspecified atom stereocenters. The fourth-order valence-corrected chi connectivity index (χ4v) is 3.73. The highest BCUT2D eigenvalue weighted by Gasteiger charge is 2.15. The first-order chi connectivity index (χ1) is 8.47. The molecule has 2 rings (SSSR count). The maximum atomic E-state index is 11.4. The highest BCUT2D eigenvalue weighted by Crippen LogP contribution is 2.26. The largest absolute Gasteiger partial charge is 0.397 e. The maximum absolute atomic E-state index is 11.4. The highest BCUT2D eigenvalue weighted by atomic mass is 32.2. The predicted octanol–water partition coefficient (Wildman–Crippen LogP) is 1.98. The van der Waals surface area contributed by atoms with Crippen molar-refractivity contribution in [3.05, 3.63) is 18.2 Å². The normalized spacial score (nSPS) is 17.6. The summed E-state index contributed by atoms with van der Waals surface area (Å²) in [7, 11) is -3.19. The lowest BCUT2D eigenvalue weighted by Crippen LogP contribution is -2.24. The van der Waals surface area contributed by atoms with Crippen molar-refractivity contribution in [1.82, 2.24) is 0 Å². The molecule has 1 aromatic rings. The number of rotatable bonds is 3. The van der Waals surface area contributed by atoms with Crippen LogP contribution in [0.4, 0.5) is 11.4 Å². The molecule has 18 heavy (non-hydrogen) atoms. The molecule has 0 saturated carbocycles. The van der Waals surface area contributed by atoms with Gasteiger partial charge in [-0.3, -0.25) is 0 Å². The van der Waals surface area contributed by atoms with Gasteiger partial charge in [-0.15, -0.1) is 0 Å². The van der Waals surface area contributed by atoms with E-state index in [4.69, 9.17) is 5.73 Å². The molecule has 1 aliphatic heterocycles. The number of hydrogen-bond donors (Lipinski definition) is 2. The van der Waals surface area contributed by atoms with Crippen LogP contribution in [0, 0.1) is 0 Å². The van der Waals surface area contributed by atoms with E-state index >= 15 is 0 Å². The maximum Gasteiger partial charge on any atom is 0.175 e. The summed E-state index contributed by atoms with van der Waals surface area (Å²) in [5.41, 5.74) is 7.23. The van der Waals surface area contributed by atoms with Crippen molar-refractivity contribution in [2.24, 2.45) is 0 Å². The lowest BCUT2D eigenvalue weighted by molar-refractivity contribution is 0.602. The third kappa shape index (κ3) is 3.32. The molecule has 0 aliphatic carbocycles. The van der Waals surface area contributed by atoms with Crippen LogP contribution in [0.3, 0.4) is 0 Å². The fourth-order valence-electron chi connectivity index (χ4n) is 1.96. The summed E-state index contributed by atoms with van der Waals surface area (Å²) in [4.78, 5) is 0.268. The molecule has 0 atom stereocenters. The second-order valence-corrected chi connectivity index (χ2v) is 7.79. The molecular weight excluding hydrogens is 268 g/mol. The van der Waals surface area contributed by atoms with E-state index in [9.17, 15) is 8.42 Å². The summed E-state index contributed by atoms with van der Waals surface area (Å²) in [6.07, 6.45) is 3.43. The number of hydrogen-bond acceptors (Lipinski definition) is 5. The SMILES string of the molecule is CS(=O)(=O)c1ccc(NC2CCSCC2)c(N)c1. The molecule has 3 N–H and O–H groups in total. The van der Waals surface area contributed by atoms with Crippen LogP contribution in [-0.4, -0.2) is 32.2 Å². The molecule has 4 nitrogen and oxygen atoms in total. The molecule has 100 valence electrons. The first-order valence-electron chi connectivity index (χ1n) is 5.90. The molecule has 1 heterocycles. The molecule has 1 aromatic carbocycles. The lowest BCUT2D eigenvalue weighted by atomic mass is 10.1. The van der Waals surface area contributed by atoms with Crippen LogP contribution >= 0.6 is 11.8 Å². The second kappa shape index (κ2) is 5.40. The Morgan fingerprint density at radius 2 is 2.00 bits per heavy atom. The van der Waals surface area contributed by atoms with Crippen molar-refractivity contribution in [3.63, 3.8) is 0 Å². The second-order valence-electron chi connectivity index (χ2n) is 4.55. The summed E-state index contributed by atoms with van der Waals surface area (Å²) < 4.78 is 22.8. The molecule has 1 saturated heterocycles. The first-order valence-corrected chi connectivity index (χ1v) is 8.95. The van der Waals surface area contributed by atoms with Gasteiger partial charge in [0.1, 0.15) is 0 Å². The van der Waals surface area contributed by atoms with Crippen molar-refractivity contribution in [3.8, 4) is 0 Å². The summed E-state index contributed by atoms with van der Waals surface area (Å²) >= 11 is 1.97. The predicted molar refractivity (Wildman–Crippen MR) is 77.9 cm³/mol. The van der Waals surface area contributed by atoms with Gasteiger partial charge in [0.15, 0.2) is 9.84 Å². The molecule has 0 radical (unpaired) electrons. The lowest BCUT2D eigenvalue weighted by Gasteiger charge is -2.24. The topological polar surface area (TPSA) is 72.2 Å². The van der Waals surface area contributed by atoms with Crippen LogP contribution in [0.5, 0.6) is 0 Å². The van der Waals surface area contributed by atoms with E-state index in [0.29, 0.717) is 11.7 Å². The van der Waals surface area contributed by atoms with E-state index in [1.54, 1.807) is 12.1 Å². The van der Waals surface area contributed by atoms with Gasteiger partial charge in [0.2, 0.25) is 0 Å². The number of nitrogens with two attached hydrogens (primary N) is 1. The van der Waals surface area contributed by atoms with E-state index in [0.717, 1.165) is 18.5 Å². The van der Waals surface area contributed by atoms with Crippen molar-refractivity contribution in [2.75, 3.05) is 28.8 Å². The summed E-state index contributed by atoms with van der Waals surface area (Å²) in [5, 5.41) is 3.39. The Morgan fingerprint density at radius 1 is 1.33 bits per heavy atom. The first kappa shape index (κ1) is 13.5. The van der Waals surface area contributed by atoms with E-state index in [2.05, 4.69) is 5.32 Å². The van der Waals surface area contributed by atoms with Crippen LogP contribution in [-0.2, 0) is 9.84 Å². The Morgan fingerprint density at radius 3 is 2.56 bits per heavy atom. The van der Waals surface area contributed by atoms with Gasteiger partial charge in [0.25, 0.3) is 0 Å². The number of nitrogens with one attached hydrogen (secondary N) is 1. The molecule has 0 bridgehead atoms. The van der Waals surface area contributed by atoms with Gasteiger partial charge in [-0.1, -0.05) is 0 Å². The Labute approximate surface area is 112 Å². The van der Waals surface area contributed by atoms with Gasteiger partial charge in [-0.25, -0.2) is 8.42 Å². The van der Waals surface area contributed by atoms with Crippen molar-refractivity contribution < 1.29 is 8.42 Å². The van der Waals surface area contributed by atoms with Crippen molar-refractivity contribution in [2.45, 2.75) is 23.8 Å². The Balaban J connectivity index is 2.14. The zero-order chi connectivity index (χ0) is 13.2. The number of anilines is 2.